The number of H-pyrrole nitrogens is 1. The quantitative estimate of drug-likeness (QED) is 0.714. The molecule has 0 fully saturated rings. The van der Waals surface area contributed by atoms with Crippen molar-refractivity contribution in [1.82, 2.24) is 19.5 Å². The Labute approximate surface area is 142 Å². The molecule has 0 spiro atoms. The summed E-state index contributed by atoms with van der Waals surface area (Å²) >= 11 is 0. The molecular formula is C17H16N4O4. The van der Waals surface area contributed by atoms with Gasteiger partial charge in [-0.3, -0.25) is 14.2 Å². The number of methoxy groups -OCH3 is 2. The first-order valence-electron chi connectivity index (χ1n) is 7.89. The van der Waals surface area contributed by atoms with Crippen LogP contribution in [0.2, 0.25) is 0 Å². The molecule has 1 aliphatic carbocycles. The fraction of sp³-hybridized carbons (Fsp3) is 0.294. The van der Waals surface area contributed by atoms with Gasteiger partial charge in [-0.25, -0.2) is 0 Å². The smallest absolute Gasteiger partial charge is 0.322 e. The molecule has 1 aromatic carbocycles. The predicted octanol–water partition coefficient (Wildman–Crippen LogP) is 0.975. The van der Waals surface area contributed by atoms with Gasteiger partial charge in [-0.2, -0.15) is 9.97 Å². The van der Waals surface area contributed by atoms with E-state index in [0.717, 1.165) is 30.5 Å². The Balaban J connectivity index is 2.11. The van der Waals surface area contributed by atoms with Crippen LogP contribution in [-0.4, -0.2) is 33.7 Å². The summed E-state index contributed by atoms with van der Waals surface area (Å²) in [4.78, 5) is 36.1. The lowest BCUT2D eigenvalue weighted by molar-refractivity contribution is 0.377. The first-order chi connectivity index (χ1) is 12.1. The minimum atomic E-state index is -0.718. The SMILES string of the molecule is COc1ccc2c(c1)[nH]c(=O)c(=O)n2-c1nc(OC)nc2c1CCC2. The Morgan fingerprint density at radius 1 is 1.12 bits per heavy atom. The Bertz CT molecular complexity index is 1100. The molecule has 4 rings (SSSR count). The van der Waals surface area contributed by atoms with Gasteiger partial charge in [0, 0.05) is 11.6 Å². The molecule has 8 nitrogen and oxygen atoms in total. The lowest BCUT2D eigenvalue weighted by Gasteiger charge is -2.14. The van der Waals surface area contributed by atoms with Crippen LogP contribution in [0.15, 0.2) is 27.8 Å². The highest BCUT2D eigenvalue weighted by Gasteiger charge is 2.23. The molecule has 0 radical (unpaired) electrons. The zero-order valence-electron chi connectivity index (χ0n) is 13.8. The molecular weight excluding hydrogens is 324 g/mol. The van der Waals surface area contributed by atoms with E-state index in [1.165, 1.54) is 18.8 Å². The number of nitrogens with zero attached hydrogens (tertiary/aromatic N) is 3. The van der Waals surface area contributed by atoms with Gasteiger partial charge in [-0.1, -0.05) is 0 Å². The van der Waals surface area contributed by atoms with Crippen LogP contribution in [0.1, 0.15) is 17.7 Å². The average Bonchev–Trinajstić information content (AvgIpc) is 3.10. The van der Waals surface area contributed by atoms with Crippen molar-refractivity contribution < 1.29 is 9.47 Å². The van der Waals surface area contributed by atoms with E-state index in [2.05, 4.69) is 15.0 Å². The molecule has 0 unspecified atom stereocenters. The van der Waals surface area contributed by atoms with Crippen molar-refractivity contribution in [3.8, 4) is 17.6 Å². The monoisotopic (exact) mass is 340 g/mol. The van der Waals surface area contributed by atoms with Gasteiger partial charge in [0.2, 0.25) is 0 Å². The normalized spacial score (nSPS) is 13.0. The summed E-state index contributed by atoms with van der Waals surface area (Å²) in [7, 11) is 3.02. The van der Waals surface area contributed by atoms with Crippen molar-refractivity contribution in [3.05, 3.63) is 50.2 Å². The van der Waals surface area contributed by atoms with Crippen LogP contribution in [0.5, 0.6) is 11.8 Å². The van der Waals surface area contributed by atoms with E-state index in [-0.39, 0.29) is 6.01 Å². The van der Waals surface area contributed by atoms with E-state index in [9.17, 15) is 9.59 Å². The van der Waals surface area contributed by atoms with Crippen molar-refractivity contribution >= 4 is 11.0 Å². The number of fused-ring (bicyclic) bond motifs is 2. The zero-order chi connectivity index (χ0) is 17.6. The number of aromatic nitrogens is 4. The zero-order valence-corrected chi connectivity index (χ0v) is 13.8. The highest BCUT2D eigenvalue weighted by Crippen LogP contribution is 2.28. The minimum Gasteiger partial charge on any atom is -0.497 e. The molecule has 0 bridgehead atoms. The average molecular weight is 340 g/mol. The van der Waals surface area contributed by atoms with E-state index < -0.39 is 11.1 Å². The molecule has 128 valence electrons. The van der Waals surface area contributed by atoms with Gasteiger partial charge in [-0.15, -0.1) is 0 Å². The Kier molecular flexibility index (Phi) is 3.52. The van der Waals surface area contributed by atoms with Gasteiger partial charge in [0.25, 0.3) is 0 Å². The maximum absolute atomic E-state index is 12.6. The molecule has 0 saturated carbocycles. The van der Waals surface area contributed by atoms with Crippen LogP contribution in [0.4, 0.5) is 0 Å². The van der Waals surface area contributed by atoms with Crippen LogP contribution in [0.3, 0.4) is 0 Å². The summed E-state index contributed by atoms with van der Waals surface area (Å²) in [5, 5.41) is 0. The minimum absolute atomic E-state index is 0.185. The lowest BCUT2D eigenvalue weighted by atomic mass is 10.2. The highest BCUT2D eigenvalue weighted by molar-refractivity contribution is 5.78. The molecule has 8 heteroatoms. The van der Waals surface area contributed by atoms with Crippen molar-refractivity contribution in [1.29, 1.82) is 0 Å². The van der Waals surface area contributed by atoms with Gasteiger partial charge >= 0.3 is 17.1 Å². The molecule has 1 N–H and O–H groups in total. The number of nitrogens with one attached hydrogen (secondary N) is 1. The topological polar surface area (TPSA) is 99.1 Å². The summed E-state index contributed by atoms with van der Waals surface area (Å²) in [5.74, 6) is 0.990. The van der Waals surface area contributed by atoms with Gasteiger partial charge in [0.15, 0.2) is 5.82 Å². The molecule has 0 aliphatic heterocycles. The third-order valence-corrected chi connectivity index (χ3v) is 4.38. The number of hydrogen-bond acceptors (Lipinski definition) is 6. The molecule has 0 saturated heterocycles. The van der Waals surface area contributed by atoms with Gasteiger partial charge in [0.1, 0.15) is 5.75 Å². The number of aryl methyl sites for hydroxylation is 1. The van der Waals surface area contributed by atoms with Crippen LogP contribution in [-0.2, 0) is 12.8 Å². The highest BCUT2D eigenvalue weighted by atomic mass is 16.5. The summed E-state index contributed by atoms with van der Waals surface area (Å²) < 4.78 is 11.7. The van der Waals surface area contributed by atoms with E-state index in [0.29, 0.717) is 22.6 Å². The molecule has 0 amide bonds. The molecule has 0 atom stereocenters. The summed E-state index contributed by atoms with van der Waals surface area (Å²) in [6, 6.07) is 5.31. The summed E-state index contributed by atoms with van der Waals surface area (Å²) in [5.41, 5.74) is 1.37. The van der Waals surface area contributed by atoms with Crippen LogP contribution in [0.25, 0.3) is 16.9 Å². The number of rotatable bonds is 3. The maximum atomic E-state index is 12.6. The third-order valence-electron chi connectivity index (χ3n) is 4.38. The van der Waals surface area contributed by atoms with Crippen molar-refractivity contribution in [2.75, 3.05) is 14.2 Å². The second kappa shape index (κ2) is 5.73. The second-order valence-corrected chi connectivity index (χ2v) is 5.79. The van der Waals surface area contributed by atoms with Crippen molar-refractivity contribution in [2.45, 2.75) is 19.3 Å². The lowest BCUT2D eigenvalue weighted by Crippen LogP contribution is -2.36. The largest absolute Gasteiger partial charge is 0.497 e. The fourth-order valence-corrected chi connectivity index (χ4v) is 3.20. The molecule has 2 aromatic heterocycles. The van der Waals surface area contributed by atoms with Gasteiger partial charge in [-0.05, 0) is 31.4 Å². The third kappa shape index (κ3) is 2.37. The van der Waals surface area contributed by atoms with Gasteiger partial charge < -0.3 is 14.5 Å². The number of benzene rings is 1. The number of ether oxygens (including phenoxy) is 2. The maximum Gasteiger partial charge on any atom is 0.322 e. The molecule has 1 aliphatic rings. The predicted molar refractivity (Wildman–Crippen MR) is 90.9 cm³/mol. The molecule has 3 aromatic rings. The summed E-state index contributed by atoms with van der Waals surface area (Å²) in [6.45, 7) is 0. The standard InChI is InChI=1S/C17H16N4O4/c1-24-9-6-7-13-12(8-9)18-15(22)16(23)21(13)14-10-4-3-5-11(10)19-17(20-14)25-2/h6-8H,3-5H2,1-2H3,(H,18,22). The van der Waals surface area contributed by atoms with E-state index >= 15 is 0 Å². The second-order valence-electron chi connectivity index (χ2n) is 5.79. The van der Waals surface area contributed by atoms with Crippen LogP contribution >= 0.6 is 0 Å². The Morgan fingerprint density at radius 3 is 2.72 bits per heavy atom. The van der Waals surface area contributed by atoms with Gasteiger partial charge in [0.05, 0.1) is 30.9 Å². The number of hydrogen-bond donors (Lipinski definition) is 1. The first-order valence-corrected chi connectivity index (χ1v) is 7.89. The van der Waals surface area contributed by atoms with E-state index in [4.69, 9.17) is 9.47 Å². The van der Waals surface area contributed by atoms with E-state index in [1.807, 2.05) is 0 Å². The number of aromatic amines is 1. The Hall–Kier alpha value is -3.16. The van der Waals surface area contributed by atoms with Crippen molar-refractivity contribution in [3.63, 3.8) is 0 Å². The first kappa shape index (κ1) is 15.4. The van der Waals surface area contributed by atoms with E-state index in [1.54, 1.807) is 18.2 Å². The van der Waals surface area contributed by atoms with Crippen molar-refractivity contribution in [2.24, 2.45) is 0 Å². The van der Waals surface area contributed by atoms with Crippen LogP contribution in [0, 0.1) is 0 Å². The molecule has 2 heterocycles. The Morgan fingerprint density at radius 2 is 1.96 bits per heavy atom. The fourth-order valence-electron chi connectivity index (χ4n) is 3.20. The molecule has 25 heavy (non-hydrogen) atoms. The van der Waals surface area contributed by atoms with Crippen LogP contribution < -0.4 is 20.6 Å². The summed E-state index contributed by atoms with van der Waals surface area (Å²) in [6.07, 6.45) is 2.48.